The highest BCUT2D eigenvalue weighted by molar-refractivity contribution is 5.85. The Morgan fingerprint density at radius 3 is 2.88 bits per heavy atom. The van der Waals surface area contributed by atoms with Gasteiger partial charge in [-0.3, -0.25) is 4.79 Å². The number of fused-ring (bicyclic) bond motifs is 2. The Balaban J connectivity index is 1.29. The number of nitrogens with zero attached hydrogens (tertiary/aromatic N) is 4. The highest BCUT2D eigenvalue weighted by Gasteiger charge is 2.19. The molecule has 0 bridgehead atoms. The van der Waals surface area contributed by atoms with Gasteiger partial charge in [-0.05, 0) is 36.1 Å². The van der Waals surface area contributed by atoms with E-state index in [9.17, 15) is 4.79 Å². The zero-order chi connectivity index (χ0) is 17.8. The predicted octanol–water partition coefficient (Wildman–Crippen LogP) is 2.80. The predicted molar refractivity (Wildman–Crippen MR) is 101 cm³/mol. The third kappa shape index (κ3) is 3.49. The molecule has 6 nitrogen and oxygen atoms in total. The molecule has 132 valence electrons. The minimum atomic E-state index is 0.218. The summed E-state index contributed by atoms with van der Waals surface area (Å²) in [7, 11) is 0. The molecule has 0 atom stereocenters. The second kappa shape index (κ2) is 7.47. The number of aromatic nitrogens is 3. The molecule has 0 unspecified atom stereocenters. The number of benzene rings is 1. The van der Waals surface area contributed by atoms with Crippen molar-refractivity contribution in [1.29, 1.82) is 0 Å². The zero-order valence-electron chi connectivity index (χ0n) is 14.6. The van der Waals surface area contributed by atoms with Crippen molar-refractivity contribution >= 4 is 22.8 Å². The number of pyridine rings is 1. The number of rotatable bonds is 5. The smallest absolute Gasteiger partial charge is 0.222 e. The first kappa shape index (κ1) is 16.4. The monoisotopic (exact) mass is 347 g/mol. The van der Waals surface area contributed by atoms with Crippen LogP contribution in [0.3, 0.4) is 0 Å². The average Bonchev–Trinajstić information content (AvgIpc) is 2.70. The van der Waals surface area contributed by atoms with Gasteiger partial charge in [0.05, 0.1) is 5.39 Å². The lowest BCUT2D eigenvalue weighted by Gasteiger charge is -2.29. The van der Waals surface area contributed by atoms with Crippen molar-refractivity contribution in [3.05, 3.63) is 60.0 Å². The molecule has 4 rings (SSSR count). The summed E-state index contributed by atoms with van der Waals surface area (Å²) in [6.07, 6.45) is 5.47. The lowest BCUT2D eigenvalue weighted by Crippen LogP contribution is -2.36. The number of carbonyl (C=O) groups is 1. The maximum atomic E-state index is 12.5. The van der Waals surface area contributed by atoms with Gasteiger partial charge in [0.2, 0.25) is 5.91 Å². The molecule has 26 heavy (non-hydrogen) atoms. The molecule has 3 aromatic rings. The Bertz CT molecular complexity index is 921. The average molecular weight is 347 g/mol. The molecule has 0 fully saturated rings. The van der Waals surface area contributed by atoms with Crippen LogP contribution in [0.2, 0.25) is 0 Å². The lowest BCUT2D eigenvalue weighted by molar-refractivity contribution is -0.132. The maximum absolute atomic E-state index is 12.5. The molecule has 0 radical (unpaired) electrons. The fourth-order valence-electron chi connectivity index (χ4n) is 3.35. The number of anilines is 1. The summed E-state index contributed by atoms with van der Waals surface area (Å²) in [4.78, 5) is 27.1. The molecule has 6 heteroatoms. The number of hydrogen-bond donors (Lipinski definition) is 1. The molecule has 1 aromatic carbocycles. The van der Waals surface area contributed by atoms with Crippen molar-refractivity contribution in [3.8, 4) is 0 Å². The van der Waals surface area contributed by atoms with E-state index in [-0.39, 0.29) is 5.91 Å². The molecule has 2 aromatic heterocycles. The van der Waals surface area contributed by atoms with Crippen molar-refractivity contribution in [2.24, 2.45) is 0 Å². The maximum Gasteiger partial charge on any atom is 0.222 e. The summed E-state index contributed by atoms with van der Waals surface area (Å²) in [6.45, 7) is 2.23. The van der Waals surface area contributed by atoms with Gasteiger partial charge >= 0.3 is 0 Å². The summed E-state index contributed by atoms with van der Waals surface area (Å²) in [5.74, 6) is 0.984. The Labute approximate surface area is 152 Å². The van der Waals surface area contributed by atoms with E-state index in [4.69, 9.17) is 0 Å². The van der Waals surface area contributed by atoms with Crippen LogP contribution in [-0.2, 0) is 17.8 Å². The van der Waals surface area contributed by atoms with Crippen LogP contribution in [-0.4, -0.2) is 38.8 Å². The largest absolute Gasteiger partial charge is 0.369 e. The van der Waals surface area contributed by atoms with Crippen LogP contribution in [0, 0.1) is 0 Å². The van der Waals surface area contributed by atoms with Crippen molar-refractivity contribution in [2.75, 3.05) is 18.4 Å². The second-order valence-electron chi connectivity index (χ2n) is 6.46. The van der Waals surface area contributed by atoms with Crippen LogP contribution in [0.5, 0.6) is 0 Å². The first-order valence-electron chi connectivity index (χ1n) is 8.95. The van der Waals surface area contributed by atoms with Crippen molar-refractivity contribution in [3.63, 3.8) is 0 Å². The molecular weight excluding hydrogens is 326 g/mol. The van der Waals surface area contributed by atoms with Gasteiger partial charge in [-0.1, -0.05) is 24.3 Å². The minimum Gasteiger partial charge on any atom is -0.369 e. The summed E-state index contributed by atoms with van der Waals surface area (Å²) in [5, 5.41) is 4.20. The zero-order valence-corrected chi connectivity index (χ0v) is 14.6. The van der Waals surface area contributed by atoms with Gasteiger partial charge in [0.1, 0.15) is 12.1 Å². The van der Waals surface area contributed by atoms with Gasteiger partial charge in [0.25, 0.3) is 0 Å². The molecule has 1 aliphatic rings. The van der Waals surface area contributed by atoms with Crippen molar-refractivity contribution in [1.82, 2.24) is 19.9 Å². The first-order valence-corrected chi connectivity index (χ1v) is 8.95. The summed E-state index contributed by atoms with van der Waals surface area (Å²) in [6, 6.07) is 12.2. The third-order valence-corrected chi connectivity index (χ3v) is 4.75. The Morgan fingerprint density at radius 1 is 1.08 bits per heavy atom. The lowest BCUT2D eigenvalue weighted by atomic mass is 9.99. The molecule has 0 saturated carbocycles. The Morgan fingerprint density at radius 2 is 1.96 bits per heavy atom. The van der Waals surface area contributed by atoms with Crippen molar-refractivity contribution < 1.29 is 4.79 Å². The highest BCUT2D eigenvalue weighted by atomic mass is 16.2. The van der Waals surface area contributed by atoms with E-state index < -0.39 is 0 Å². The van der Waals surface area contributed by atoms with Gasteiger partial charge < -0.3 is 10.2 Å². The van der Waals surface area contributed by atoms with E-state index in [1.54, 1.807) is 6.20 Å². The highest BCUT2D eigenvalue weighted by Crippen LogP contribution is 2.20. The van der Waals surface area contributed by atoms with E-state index in [2.05, 4.69) is 38.5 Å². The SMILES string of the molecule is O=C(CCCNc1ncnc2ncccc12)N1CCc2ccccc2C1. The molecular formula is C20H21N5O. The minimum absolute atomic E-state index is 0.218. The van der Waals surface area contributed by atoms with Gasteiger partial charge in [0.15, 0.2) is 5.65 Å². The van der Waals surface area contributed by atoms with Gasteiger partial charge in [0, 0.05) is 32.3 Å². The molecule has 0 saturated heterocycles. The van der Waals surface area contributed by atoms with E-state index >= 15 is 0 Å². The van der Waals surface area contributed by atoms with Crippen molar-refractivity contribution in [2.45, 2.75) is 25.8 Å². The third-order valence-electron chi connectivity index (χ3n) is 4.75. The normalized spacial score (nSPS) is 13.5. The summed E-state index contributed by atoms with van der Waals surface area (Å²) < 4.78 is 0. The molecule has 0 aliphatic carbocycles. The quantitative estimate of drug-likeness (QED) is 0.719. The van der Waals surface area contributed by atoms with E-state index in [1.165, 1.54) is 17.5 Å². The number of nitrogens with one attached hydrogen (secondary N) is 1. The number of amides is 1. The van der Waals surface area contributed by atoms with Crippen LogP contribution in [0.15, 0.2) is 48.9 Å². The standard InChI is InChI=1S/C20H21N5O/c26-18(25-12-9-15-5-1-2-6-16(15)13-25)8-4-11-22-20-17-7-3-10-21-19(17)23-14-24-20/h1-3,5-7,10,14H,4,8-9,11-13H2,(H,21,22,23,24). The van der Waals surface area contributed by atoms with Crippen LogP contribution in [0.25, 0.3) is 11.0 Å². The van der Waals surface area contributed by atoms with Gasteiger partial charge in [-0.25, -0.2) is 15.0 Å². The Kier molecular flexibility index (Phi) is 4.73. The second-order valence-corrected chi connectivity index (χ2v) is 6.46. The topological polar surface area (TPSA) is 71.0 Å². The molecule has 1 N–H and O–H groups in total. The Hall–Kier alpha value is -3.02. The van der Waals surface area contributed by atoms with Gasteiger partial charge in [-0.2, -0.15) is 0 Å². The number of carbonyl (C=O) groups excluding carboxylic acids is 1. The van der Waals surface area contributed by atoms with E-state index in [0.717, 1.165) is 37.1 Å². The van der Waals surface area contributed by atoms with Crippen LogP contribution >= 0.6 is 0 Å². The van der Waals surface area contributed by atoms with Crippen LogP contribution in [0.1, 0.15) is 24.0 Å². The molecule has 3 heterocycles. The van der Waals surface area contributed by atoms with E-state index in [0.29, 0.717) is 18.6 Å². The van der Waals surface area contributed by atoms with Gasteiger partial charge in [-0.15, -0.1) is 0 Å². The fourth-order valence-corrected chi connectivity index (χ4v) is 3.35. The first-order chi connectivity index (χ1) is 12.8. The molecule has 0 spiro atoms. The summed E-state index contributed by atoms with van der Waals surface area (Å²) in [5.41, 5.74) is 3.31. The summed E-state index contributed by atoms with van der Waals surface area (Å²) >= 11 is 0. The van der Waals surface area contributed by atoms with Crippen LogP contribution in [0.4, 0.5) is 5.82 Å². The number of hydrogen-bond acceptors (Lipinski definition) is 5. The fraction of sp³-hybridized carbons (Fsp3) is 0.300. The molecule has 1 aliphatic heterocycles. The van der Waals surface area contributed by atoms with Crippen LogP contribution < -0.4 is 5.32 Å². The van der Waals surface area contributed by atoms with E-state index in [1.807, 2.05) is 23.1 Å². The molecule has 1 amide bonds.